The van der Waals surface area contributed by atoms with E-state index in [1.165, 1.54) is 0 Å². The predicted octanol–water partition coefficient (Wildman–Crippen LogP) is 3.32. The van der Waals surface area contributed by atoms with Gasteiger partial charge >= 0.3 is 0 Å². The summed E-state index contributed by atoms with van der Waals surface area (Å²) in [5.74, 6) is 0.644. The van der Waals surface area contributed by atoms with Crippen molar-refractivity contribution in [1.29, 1.82) is 0 Å². The van der Waals surface area contributed by atoms with Gasteiger partial charge in [-0.2, -0.15) is 0 Å². The first kappa shape index (κ1) is 12.8. The number of nitrogens with one attached hydrogen (secondary N) is 1. The van der Waals surface area contributed by atoms with Crippen LogP contribution in [0.1, 0.15) is 5.69 Å². The van der Waals surface area contributed by atoms with Gasteiger partial charge in [0.25, 0.3) is 0 Å². The molecule has 0 atom stereocenters. The van der Waals surface area contributed by atoms with Crippen LogP contribution in [0.4, 0.5) is 5.95 Å². The molecule has 0 aliphatic carbocycles. The van der Waals surface area contributed by atoms with Crippen LogP contribution in [-0.2, 0) is 0 Å². The maximum atomic E-state index is 4.49. The van der Waals surface area contributed by atoms with Crippen molar-refractivity contribution in [3.63, 3.8) is 0 Å². The minimum atomic E-state index is 0.644. The topological polar surface area (TPSA) is 55.6 Å². The Labute approximate surface area is 127 Å². The lowest BCUT2D eigenvalue weighted by molar-refractivity contribution is 1.09. The zero-order valence-electron chi connectivity index (χ0n) is 12.4. The fourth-order valence-electron chi connectivity index (χ4n) is 2.71. The summed E-state index contributed by atoms with van der Waals surface area (Å²) in [6.45, 7) is 2.00. The highest BCUT2D eigenvalue weighted by atomic mass is 15.1. The molecule has 0 amide bonds. The molecule has 1 aromatic carbocycles. The lowest BCUT2D eigenvalue weighted by atomic mass is 10.1. The fourth-order valence-corrected chi connectivity index (χ4v) is 2.71. The molecular weight excluding hydrogens is 274 g/mol. The first-order valence-electron chi connectivity index (χ1n) is 7.15. The Kier molecular flexibility index (Phi) is 2.79. The Morgan fingerprint density at radius 1 is 1.09 bits per heavy atom. The number of nitrogens with zero attached hydrogens (tertiary/aromatic N) is 4. The molecule has 3 heterocycles. The van der Waals surface area contributed by atoms with Gasteiger partial charge in [-0.1, -0.05) is 0 Å². The number of hydrogen-bond acceptors (Lipinski definition) is 4. The minimum absolute atomic E-state index is 0.644. The van der Waals surface area contributed by atoms with Gasteiger partial charge in [-0.3, -0.25) is 0 Å². The van der Waals surface area contributed by atoms with Crippen LogP contribution in [0.15, 0.2) is 48.8 Å². The van der Waals surface area contributed by atoms with E-state index in [2.05, 4.69) is 49.1 Å². The van der Waals surface area contributed by atoms with Gasteiger partial charge in [0, 0.05) is 35.9 Å². The zero-order valence-corrected chi connectivity index (χ0v) is 12.4. The van der Waals surface area contributed by atoms with Crippen molar-refractivity contribution in [3.05, 3.63) is 54.5 Å². The number of fused-ring (bicyclic) bond motifs is 2. The molecule has 0 fully saturated rings. The number of anilines is 1. The van der Waals surface area contributed by atoms with Crippen molar-refractivity contribution in [2.24, 2.45) is 0 Å². The van der Waals surface area contributed by atoms with Crippen LogP contribution in [0.2, 0.25) is 0 Å². The third-order valence-electron chi connectivity index (χ3n) is 3.82. The zero-order chi connectivity index (χ0) is 15.1. The molecule has 3 aromatic heterocycles. The molecule has 22 heavy (non-hydrogen) atoms. The van der Waals surface area contributed by atoms with E-state index in [1.54, 1.807) is 0 Å². The molecule has 0 unspecified atom stereocenters. The standard InChI is InChI=1S/C17H15N5/c1-11-14-10-13(5-6-15(14)21-17(18-2)20-11)22-9-7-12-4-3-8-19-16(12)22/h3-10H,1-2H3,(H,18,20,21). The summed E-state index contributed by atoms with van der Waals surface area (Å²) in [5, 5.41) is 5.17. The van der Waals surface area contributed by atoms with Crippen molar-refractivity contribution in [2.75, 3.05) is 12.4 Å². The van der Waals surface area contributed by atoms with Gasteiger partial charge in [-0.25, -0.2) is 15.0 Å². The number of aromatic nitrogens is 4. The quantitative estimate of drug-likeness (QED) is 0.615. The maximum absolute atomic E-state index is 4.49. The number of benzene rings is 1. The highest BCUT2D eigenvalue weighted by Crippen LogP contribution is 2.23. The van der Waals surface area contributed by atoms with Crippen LogP contribution in [0.5, 0.6) is 0 Å². The Morgan fingerprint density at radius 3 is 2.86 bits per heavy atom. The van der Waals surface area contributed by atoms with E-state index in [4.69, 9.17) is 0 Å². The van der Waals surface area contributed by atoms with E-state index in [0.717, 1.165) is 33.3 Å². The molecule has 4 rings (SSSR count). The van der Waals surface area contributed by atoms with Crippen molar-refractivity contribution in [3.8, 4) is 5.69 Å². The summed E-state index contributed by atoms with van der Waals surface area (Å²) < 4.78 is 2.08. The molecule has 5 heteroatoms. The molecule has 0 saturated heterocycles. The summed E-state index contributed by atoms with van der Waals surface area (Å²) in [5.41, 5.74) is 3.91. The van der Waals surface area contributed by atoms with Crippen molar-refractivity contribution < 1.29 is 0 Å². The van der Waals surface area contributed by atoms with Crippen LogP contribution in [0.3, 0.4) is 0 Å². The Hall–Kier alpha value is -2.95. The SMILES string of the molecule is CNc1nc(C)c2cc(-n3ccc4cccnc43)ccc2n1. The predicted molar refractivity (Wildman–Crippen MR) is 88.4 cm³/mol. The number of rotatable bonds is 2. The Balaban J connectivity index is 1.94. The van der Waals surface area contributed by atoms with Gasteiger partial charge in [-0.05, 0) is 43.3 Å². The maximum Gasteiger partial charge on any atom is 0.223 e. The first-order chi connectivity index (χ1) is 10.8. The highest BCUT2D eigenvalue weighted by Gasteiger charge is 2.08. The third kappa shape index (κ3) is 1.90. The van der Waals surface area contributed by atoms with Crippen LogP contribution >= 0.6 is 0 Å². The molecule has 0 spiro atoms. The van der Waals surface area contributed by atoms with Crippen molar-refractivity contribution >= 4 is 27.9 Å². The van der Waals surface area contributed by atoms with Crippen LogP contribution in [0, 0.1) is 6.92 Å². The summed E-state index contributed by atoms with van der Waals surface area (Å²) in [6, 6.07) is 12.3. The number of aryl methyl sites for hydroxylation is 1. The van der Waals surface area contributed by atoms with Crippen LogP contribution < -0.4 is 5.32 Å². The lowest BCUT2D eigenvalue weighted by Crippen LogP contribution is -2.00. The van der Waals surface area contributed by atoms with Gasteiger partial charge in [0.15, 0.2) is 0 Å². The van der Waals surface area contributed by atoms with Crippen LogP contribution in [-0.4, -0.2) is 26.6 Å². The van der Waals surface area contributed by atoms with E-state index in [0.29, 0.717) is 5.95 Å². The first-order valence-corrected chi connectivity index (χ1v) is 7.15. The molecular formula is C17H15N5. The second-order valence-corrected chi connectivity index (χ2v) is 5.19. The average molecular weight is 289 g/mol. The molecule has 1 N–H and O–H groups in total. The summed E-state index contributed by atoms with van der Waals surface area (Å²) in [6.07, 6.45) is 3.85. The van der Waals surface area contributed by atoms with E-state index >= 15 is 0 Å². The van der Waals surface area contributed by atoms with E-state index in [-0.39, 0.29) is 0 Å². The number of pyridine rings is 1. The third-order valence-corrected chi connectivity index (χ3v) is 3.82. The summed E-state index contributed by atoms with van der Waals surface area (Å²) in [4.78, 5) is 13.4. The largest absolute Gasteiger partial charge is 0.357 e. The average Bonchev–Trinajstić information content (AvgIpc) is 2.98. The van der Waals surface area contributed by atoms with Crippen molar-refractivity contribution in [1.82, 2.24) is 19.5 Å². The van der Waals surface area contributed by atoms with Gasteiger partial charge in [0.1, 0.15) is 5.65 Å². The summed E-state index contributed by atoms with van der Waals surface area (Å²) >= 11 is 0. The van der Waals surface area contributed by atoms with E-state index < -0.39 is 0 Å². The Morgan fingerprint density at radius 2 is 2.00 bits per heavy atom. The van der Waals surface area contributed by atoms with Gasteiger partial charge < -0.3 is 9.88 Å². The van der Waals surface area contributed by atoms with Gasteiger partial charge in [-0.15, -0.1) is 0 Å². The van der Waals surface area contributed by atoms with Crippen molar-refractivity contribution in [2.45, 2.75) is 6.92 Å². The van der Waals surface area contributed by atoms with Gasteiger partial charge in [0.05, 0.1) is 11.2 Å². The molecule has 4 aromatic rings. The van der Waals surface area contributed by atoms with Crippen LogP contribution in [0.25, 0.3) is 27.6 Å². The monoisotopic (exact) mass is 289 g/mol. The Bertz CT molecular complexity index is 987. The molecule has 108 valence electrons. The molecule has 0 bridgehead atoms. The molecule has 0 radical (unpaired) electrons. The second kappa shape index (κ2) is 4.80. The highest BCUT2D eigenvalue weighted by molar-refractivity contribution is 5.85. The molecule has 5 nitrogen and oxygen atoms in total. The molecule has 0 aliphatic heterocycles. The minimum Gasteiger partial charge on any atom is -0.357 e. The summed E-state index contributed by atoms with van der Waals surface area (Å²) in [7, 11) is 1.83. The van der Waals surface area contributed by atoms with E-state index in [1.807, 2.05) is 38.5 Å². The fraction of sp³-hybridized carbons (Fsp3) is 0.118. The lowest BCUT2D eigenvalue weighted by Gasteiger charge is -2.09. The normalized spacial score (nSPS) is 11.2. The van der Waals surface area contributed by atoms with E-state index in [9.17, 15) is 0 Å². The second-order valence-electron chi connectivity index (χ2n) is 5.19. The van der Waals surface area contributed by atoms with Gasteiger partial charge in [0.2, 0.25) is 5.95 Å². The molecule has 0 aliphatic rings. The smallest absolute Gasteiger partial charge is 0.223 e. The number of hydrogen-bond donors (Lipinski definition) is 1. The molecule has 0 saturated carbocycles.